The van der Waals surface area contributed by atoms with E-state index in [1.807, 2.05) is 18.2 Å². The minimum Gasteiger partial charge on any atom is -0.481 e. The standard InChI is InChI=1S/C15H13Cl2NO2S/c16-9-5-6-10(12(17)7-9)11(15(19)20)8-21-14-4-2-1-3-13(14)18/h1-7,11H,8,18H2,(H,19,20). The van der Waals surface area contributed by atoms with Crippen LogP contribution in [0.4, 0.5) is 5.69 Å². The molecule has 0 saturated heterocycles. The quantitative estimate of drug-likeness (QED) is 0.619. The normalized spacial score (nSPS) is 12.1. The molecule has 0 heterocycles. The number of rotatable bonds is 5. The zero-order valence-electron chi connectivity index (χ0n) is 10.9. The topological polar surface area (TPSA) is 63.3 Å². The second kappa shape index (κ2) is 7.07. The molecule has 2 aromatic carbocycles. The number of nitrogen functional groups attached to an aromatic ring is 1. The third-order valence-electron chi connectivity index (χ3n) is 2.96. The van der Waals surface area contributed by atoms with Gasteiger partial charge in [0.2, 0.25) is 0 Å². The van der Waals surface area contributed by atoms with Gasteiger partial charge in [-0.3, -0.25) is 4.79 Å². The molecule has 3 nitrogen and oxygen atoms in total. The van der Waals surface area contributed by atoms with Crippen LogP contribution in [0.3, 0.4) is 0 Å². The van der Waals surface area contributed by atoms with Crippen LogP contribution in [0.2, 0.25) is 10.0 Å². The molecule has 110 valence electrons. The van der Waals surface area contributed by atoms with Crippen molar-refractivity contribution in [2.45, 2.75) is 10.8 Å². The van der Waals surface area contributed by atoms with Crippen LogP contribution in [-0.4, -0.2) is 16.8 Å². The number of anilines is 1. The zero-order valence-corrected chi connectivity index (χ0v) is 13.3. The van der Waals surface area contributed by atoms with Crippen molar-refractivity contribution in [1.29, 1.82) is 0 Å². The van der Waals surface area contributed by atoms with E-state index >= 15 is 0 Å². The van der Waals surface area contributed by atoms with Crippen molar-refractivity contribution < 1.29 is 9.90 Å². The first kappa shape index (κ1) is 16.0. The molecule has 0 aliphatic carbocycles. The van der Waals surface area contributed by atoms with E-state index in [1.165, 1.54) is 11.8 Å². The van der Waals surface area contributed by atoms with E-state index in [4.69, 9.17) is 28.9 Å². The van der Waals surface area contributed by atoms with Gasteiger partial charge in [-0.2, -0.15) is 0 Å². The lowest BCUT2D eigenvalue weighted by Gasteiger charge is -2.15. The van der Waals surface area contributed by atoms with Gasteiger partial charge in [-0.15, -0.1) is 11.8 Å². The molecule has 0 fully saturated rings. The van der Waals surface area contributed by atoms with E-state index in [9.17, 15) is 9.90 Å². The highest BCUT2D eigenvalue weighted by molar-refractivity contribution is 7.99. The lowest BCUT2D eigenvalue weighted by molar-refractivity contribution is -0.138. The third-order valence-corrected chi connectivity index (χ3v) is 4.71. The van der Waals surface area contributed by atoms with Crippen LogP contribution in [0, 0.1) is 0 Å². The number of carbonyl (C=O) groups is 1. The van der Waals surface area contributed by atoms with E-state index in [0.29, 0.717) is 27.0 Å². The van der Waals surface area contributed by atoms with Crippen LogP contribution in [0.1, 0.15) is 11.5 Å². The Morgan fingerprint density at radius 1 is 1.24 bits per heavy atom. The lowest BCUT2D eigenvalue weighted by Crippen LogP contribution is -2.14. The van der Waals surface area contributed by atoms with Gasteiger partial charge in [-0.05, 0) is 29.8 Å². The maximum absolute atomic E-state index is 11.5. The Balaban J connectivity index is 2.20. The largest absolute Gasteiger partial charge is 0.481 e. The maximum Gasteiger partial charge on any atom is 0.311 e. The summed E-state index contributed by atoms with van der Waals surface area (Å²) in [7, 11) is 0. The Morgan fingerprint density at radius 2 is 1.95 bits per heavy atom. The first-order valence-corrected chi connectivity index (χ1v) is 7.88. The molecule has 21 heavy (non-hydrogen) atoms. The molecule has 6 heteroatoms. The highest BCUT2D eigenvalue weighted by Gasteiger charge is 2.23. The molecule has 0 spiro atoms. The summed E-state index contributed by atoms with van der Waals surface area (Å²) in [6.07, 6.45) is 0. The van der Waals surface area contributed by atoms with Crippen LogP contribution in [-0.2, 0) is 4.79 Å². The molecule has 0 aliphatic rings. The maximum atomic E-state index is 11.5. The van der Waals surface area contributed by atoms with Crippen molar-refractivity contribution in [3.8, 4) is 0 Å². The third kappa shape index (κ3) is 4.06. The van der Waals surface area contributed by atoms with E-state index in [1.54, 1.807) is 24.3 Å². The summed E-state index contributed by atoms with van der Waals surface area (Å²) in [5.41, 5.74) is 7.04. The van der Waals surface area contributed by atoms with Crippen LogP contribution < -0.4 is 5.73 Å². The van der Waals surface area contributed by atoms with Gasteiger partial charge in [0.1, 0.15) is 0 Å². The number of carboxylic acids is 1. The van der Waals surface area contributed by atoms with Crippen LogP contribution >= 0.6 is 35.0 Å². The molecule has 0 saturated carbocycles. The van der Waals surface area contributed by atoms with Crippen molar-refractivity contribution in [3.63, 3.8) is 0 Å². The van der Waals surface area contributed by atoms with E-state index < -0.39 is 11.9 Å². The van der Waals surface area contributed by atoms with Crippen LogP contribution in [0.5, 0.6) is 0 Å². The van der Waals surface area contributed by atoms with E-state index in [0.717, 1.165) is 4.90 Å². The minimum atomic E-state index is -0.929. The predicted octanol–water partition coefficient (Wildman–Crippen LogP) is 4.54. The van der Waals surface area contributed by atoms with Crippen LogP contribution in [0.25, 0.3) is 0 Å². The molecule has 0 aliphatic heterocycles. The van der Waals surface area contributed by atoms with Gasteiger partial charge in [0, 0.05) is 26.4 Å². The fraction of sp³-hybridized carbons (Fsp3) is 0.133. The van der Waals surface area contributed by atoms with Gasteiger partial charge >= 0.3 is 5.97 Å². The van der Waals surface area contributed by atoms with Gasteiger partial charge in [0.15, 0.2) is 0 Å². The second-order valence-corrected chi connectivity index (χ2v) is 6.31. The number of para-hydroxylation sites is 1. The number of nitrogens with two attached hydrogens (primary N) is 1. The zero-order chi connectivity index (χ0) is 15.4. The SMILES string of the molecule is Nc1ccccc1SCC(C(=O)O)c1ccc(Cl)cc1Cl. The Labute approximate surface area is 137 Å². The van der Waals surface area contributed by atoms with Crippen molar-refractivity contribution in [1.82, 2.24) is 0 Å². The molecule has 0 radical (unpaired) electrons. The molecule has 0 amide bonds. The Kier molecular flexibility index (Phi) is 5.39. The monoisotopic (exact) mass is 341 g/mol. The molecule has 0 aromatic heterocycles. The van der Waals surface area contributed by atoms with Crippen molar-refractivity contribution in [2.24, 2.45) is 0 Å². The van der Waals surface area contributed by atoms with Crippen molar-refractivity contribution in [3.05, 3.63) is 58.1 Å². The van der Waals surface area contributed by atoms with Gasteiger partial charge in [0.05, 0.1) is 5.92 Å². The molecular formula is C15H13Cl2NO2S. The Hall–Kier alpha value is -1.36. The molecule has 1 atom stereocenters. The fourth-order valence-electron chi connectivity index (χ4n) is 1.86. The molecule has 3 N–H and O–H groups in total. The molecule has 1 unspecified atom stereocenters. The summed E-state index contributed by atoms with van der Waals surface area (Å²) < 4.78 is 0. The second-order valence-electron chi connectivity index (χ2n) is 4.41. The highest BCUT2D eigenvalue weighted by atomic mass is 35.5. The molecular weight excluding hydrogens is 329 g/mol. The van der Waals surface area contributed by atoms with Gasteiger partial charge in [0.25, 0.3) is 0 Å². The summed E-state index contributed by atoms with van der Waals surface area (Å²) in [5, 5.41) is 10.3. The van der Waals surface area contributed by atoms with Crippen LogP contribution in [0.15, 0.2) is 47.4 Å². The summed E-state index contributed by atoms with van der Waals surface area (Å²) in [6, 6.07) is 12.2. The number of carboxylic acid groups (broad SMARTS) is 1. The summed E-state index contributed by atoms with van der Waals surface area (Å²) in [4.78, 5) is 12.4. The van der Waals surface area contributed by atoms with Gasteiger partial charge in [-0.1, -0.05) is 41.4 Å². The average molecular weight is 342 g/mol. The number of thioether (sulfide) groups is 1. The Morgan fingerprint density at radius 3 is 2.57 bits per heavy atom. The van der Waals surface area contributed by atoms with Crippen molar-refractivity contribution in [2.75, 3.05) is 11.5 Å². The first-order chi connectivity index (χ1) is 9.99. The number of benzene rings is 2. The molecule has 2 rings (SSSR count). The first-order valence-electron chi connectivity index (χ1n) is 6.14. The van der Waals surface area contributed by atoms with Crippen molar-refractivity contribution >= 4 is 46.6 Å². The smallest absolute Gasteiger partial charge is 0.311 e. The summed E-state index contributed by atoms with van der Waals surface area (Å²) in [6.45, 7) is 0. The predicted molar refractivity (Wildman–Crippen MR) is 88.4 cm³/mol. The lowest BCUT2D eigenvalue weighted by atomic mass is 10.0. The minimum absolute atomic E-state index is 0.338. The number of hydrogen-bond acceptors (Lipinski definition) is 3. The number of hydrogen-bond donors (Lipinski definition) is 2. The summed E-state index contributed by atoms with van der Waals surface area (Å²) in [5.74, 6) is -1.31. The molecule has 2 aromatic rings. The van der Waals surface area contributed by atoms with Gasteiger partial charge < -0.3 is 10.8 Å². The number of aliphatic carboxylic acids is 1. The fourth-order valence-corrected chi connectivity index (χ4v) is 3.48. The van der Waals surface area contributed by atoms with E-state index in [-0.39, 0.29) is 0 Å². The van der Waals surface area contributed by atoms with Gasteiger partial charge in [-0.25, -0.2) is 0 Å². The highest BCUT2D eigenvalue weighted by Crippen LogP contribution is 2.33. The average Bonchev–Trinajstić information content (AvgIpc) is 2.42. The Bertz CT molecular complexity index is 664. The molecule has 0 bridgehead atoms. The summed E-state index contributed by atoms with van der Waals surface area (Å²) >= 11 is 13.3. The van der Waals surface area contributed by atoms with E-state index in [2.05, 4.69) is 0 Å². The number of halogens is 2.